The summed E-state index contributed by atoms with van der Waals surface area (Å²) < 4.78 is 21.5. The zero-order chi connectivity index (χ0) is 10.3. The van der Waals surface area contributed by atoms with Crippen molar-refractivity contribution in [3.63, 3.8) is 0 Å². The quantitative estimate of drug-likeness (QED) is 0.603. The van der Waals surface area contributed by atoms with Gasteiger partial charge in [-0.2, -0.15) is 0 Å². The summed E-state index contributed by atoms with van der Waals surface area (Å²) in [4.78, 5) is 11.0. The fourth-order valence-corrected chi connectivity index (χ4v) is 1.93. The second-order valence-electron chi connectivity index (χ2n) is 2.68. The Hall–Kier alpha value is -0.180. The Labute approximate surface area is 79.1 Å². The molecule has 0 fully saturated rings. The van der Waals surface area contributed by atoms with Crippen LogP contribution in [0.1, 0.15) is 33.6 Å². The lowest BCUT2D eigenvalue weighted by atomic mass is 10.5. The standard InChI is InChI=1S/C8H17O4P/c1-4-6-11-13(10,8(3)9)12-7-5-2/h4-7H2,1-3H3. The van der Waals surface area contributed by atoms with Crippen LogP contribution in [0.2, 0.25) is 0 Å². The van der Waals surface area contributed by atoms with Gasteiger partial charge in [-0.3, -0.25) is 9.36 Å². The van der Waals surface area contributed by atoms with E-state index in [0.717, 1.165) is 0 Å². The van der Waals surface area contributed by atoms with E-state index < -0.39 is 13.1 Å². The molecule has 0 amide bonds. The minimum atomic E-state index is -3.46. The molecule has 0 aliphatic carbocycles. The molecule has 0 aromatic rings. The van der Waals surface area contributed by atoms with Gasteiger partial charge in [0.15, 0.2) is 0 Å². The van der Waals surface area contributed by atoms with Crippen molar-refractivity contribution < 1.29 is 18.4 Å². The van der Waals surface area contributed by atoms with Crippen molar-refractivity contribution in [2.75, 3.05) is 13.2 Å². The van der Waals surface area contributed by atoms with Crippen molar-refractivity contribution >= 4 is 13.1 Å². The van der Waals surface area contributed by atoms with Crippen LogP contribution in [0.25, 0.3) is 0 Å². The van der Waals surface area contributed by atoms with Crippen LogP contribution < -0.4 is 0 Å². The van der Waals surface area contributed by atoms with E-state index in [9.17, 15) is 9.36 Å². The van der Waals surface area contributed by atoms with Crippen LogP contribution in [0.15, 0.2) is 0 Å². The average Bonchev–Trinajstić information content (AvgIpc) is 2.11. The third-order valence-electron chi connectivity index (χ3n) is 1.32. The van der Waals surface area contributed by atoms with Crippen molar-refractivity contribution in [2.24, 2.45) is 0 Å². The van der Waals surface area contributed by atoms with Gasteiger partial charge in [-0.1, -0.05) is 13.8 Å². The van der Waals surface area contributed by atoms with E-state index in [4.69, 9.17) is 9.05 Å². The summed E-state index contributed by atoms with van der Waals surface area (Å²) in [5.74, 6) is 0. The fourth-order valence-electron chi connectivity index (χ4n) is 0.642. The number of hydrogen-bond donors (Lipinski definition) is 0. The summed E-state index contributed by atoms with van der Waals surface area (Å²) in [6.45, 7) is 5.57. The van der Waals surface area contributed by atoms with Crippen molar-refractivity contribution in [1.82, 2.24) is 0 Å². The second kappa shape index (κ2) is 6.30. The molecule has 0 aliphatic rings. The van der Waals surface area contributed by atoms with E-state index in [1.54, 1.807) is 0 Å². The Balaban J connectivity index is 4.18. The van der Waals surface area contributed by atoms with Crippen LogP contribution in [0.5, 0.6) is 0 Å². The zero-order valence-corrected chi connectivity index (χ0v) is 9.30. The van der Waals surface area contributed by atoms with Crippen molar-refractivity contribution in [2.45, 2.75) is 33.6 Å². The highest BCUT2D eigenvalue weighted by Gasteiger charge is 2.30. The van der Waals surface area contributed by atoms with Crippen molar-refractivity contribution in [3.05, 3.63) is 0 Å². The van der Waals surface area contributed by atoms with Crippen LogP contribution in [0, 0.1) is 0 Å². The molecule has 0 N–H and O–H groups in total. The first kappa shape index (κ1) is 12.8. The number of rotatable bonds is 7. The minimum Gasteiger partial charge on any atom is -0.303 e. The van der Waals surface area contributed by atoms with E-state index in [-0.39, 0.29) is 0 Å². The Kier molecular flexibility index (Phi) is 6.21. The Morgan fingerprint density at radius 1 is 1.15 bits per heavy atom. The first-order valence-corrected chi connectivity index (χ1v) is 6.01. The van der Waals surface area contributed by atoms with Crippen LogP contribution >= 0.6 is 7.60 Å². The van der Waals surface area contributed by atoms with Gasteiger partial charge in [0.05, 0.1) is 13.2 Å². The van der Waals surface area contributed by atoms with Gasteiger partial charge in [-0.25, -0.2) is 0 Å². The van der Waals surface area contributed by atoms with Gasteiger partial charge in [0, 0.05) is 6.92 Å². The molecule has 0 aromatic carbocycles. The summed E-state index contributed by atoms with van der Waals surface area (Å²) in [6, 6.07) is 0. The molecule has 78 valence electrons. The highest BCUT2D eigenvalue weighted by molar-refractivity contribution is 7.71. The first-order valence-electron chi connectivity index (χ1n) is 4.47. The van der Waals surface area contributed by atoms with Gasteiger partial charge in [-0.15, -0.1) is 0 Å². The topological polar surface area (TPSA) is 52.6 Å². The highest BCUT2D eigenvalue weighted by Crippen LogP contribution is 2.48. The average molecular weight is 208 g/mol. The molecule has 0 heterocycles. The maximum atomic E-state index is 11.6. The van der Waals surface area contributed by atoms with E-state index in [1.165, 1.54) is 6.92 Å². The molecule has 0 unspecified atom stereocenters. The highest BCUT2D eigenvalue weighted by atomic mass is 31.2. The van der Waals surface area contributed by atoms with E-state index in [0.29, 0.717) is 26.1 Å². The normalized spacial score (nSPS) is 11.6. The lowest BCUT2D eigenvalue weighted by Crippen LogP contribution is -2.04. The van der Waals surface area contributed by atoms with Crippen LogP contribution in [-0.2, 0) is 18.4 Å². The van der Waals surface area contributed by atoms with Gasteiger partial charge >= 0.3 is 7.60 Å². The van der Waals surface area contributed by atoms with Gasteiger partial charge in [0.25, 0.3) is 0 Å². The third kappa shape index (κ3) is 4.55. The van der Waals surface area contributed by atoms with Crippen LogP contribution in [0.3, 0.4) is 0 Å². The Morgan fingerprint density at radius 2 is 1.54 bits per heavy atom. The molecular weight excluding hydrogens is 191 g/mol. The fraction of sp³-hybridized carbons (Fsp3) is 0.875. The largest absolute Gasteiger partial charge is 0.396 e. The molecule has 13 heavy (non-hydrogen) atoms. The summed E-state index contributed by atoms with van der Waals surface area (Å²) in [5, 5.41) is 0. The molecule has 0 spiro atoms. The van der Waals surface area contributed by atoms with Crippen LogP contribution in [-0.4, -0.2) is 18.7 Å². The monoisotopic (exact) mass is 208 g/mol. The van der Waals surface area contributed by atoms with E-state index in [1.807, 2.05) is 13.8 Å². The Morgan fingerprint density at radius 3 is 1.77 bits per heavy atom. The van der Waals surface area contributed by atoms with Gasteiger partial charge in [0.2, 0.25) is 5.52 Å². The van der Waals surface area contributed by atoms with Crippen molar-refractivity contribution in [3.8, 4) is 0 Å². The maximum Gasteiger partial charge on any atom is 0.396 e. The van der Waals surface area contributed by atoms with E-state index in [2.05, 4.69) is 0 Å². The first-order chi connectivity index (χ1) is 6.06. The zero-order valence-electron chi connectivity index (χ0n) is 8.41. The van der Waals surface area contributed by atoms with Gasteiger partial charge in [-0.05, 0) is 12.8 Å². The lowest BCUT2D eigenvalue weighted by Gasteiger charge is -2.14. The Bertz CT molecular complexity index is 190. The molecule has 0 saturated carbocycles. The lowest BCUT2D eigenvalue weighted by molar-refractivity contribution is -0.112. The molecule has 0 saturated heterocycles. The maximum absolute atomic E-state index is 11.6. The number of carbonyl (C=O) groups excluding carboxylic acids is 1. The summed E-state index contributed by atoms with van der Waals surface area (Å²) >= 11 is 0. The molecular formula is C8H17O4P. The summed E-state index contributed by atoms with van der Waals surface area (Å²) in [5.41, 5.74) is -0.519. The van der Waals surface area contributed by atoms with E-state index >= 15 is 0 Å². The molecule has 0 bridgehead atoms. The molecule has 0 radical (unpaired) electrons. The minimum absolute atomic E-state index is 0.292. The molecule has 4 nitrogen and oxygen atoms in total. The predicted molar refractivity (Wildman–Crippen MR) is 50.8 cm³/mol. The molecule has 5 heteroatoms. The SMILES string of the molecule is CCCOP(=O)(OCCC)C(C)=O. The van der Waals surface area contributed by atoms with Crippen molar-refractivity contribution in [1.29, 1.82) is 0 Å². The molecule has 0 aromatic heterocycles. The molecule has 0 atom stereocenters. The summed E-state index contributed by atoms with van der Waals surface area (Å²) in [6.07, 6.45) is 1.43. The second-order valence-corrected chi connectivity index (χ2v) is 4.82. The number of carbonyl (C=O) groups is 1. The third-order valence-corrected chi connectivity index (χ3v) is 3.13. The smallest absolute Gasteiger partial charge is 0.303 e. The molecule has 0 rings (SSSR count). The van der Waals surface area contributed by atoms with Crippen LogP contribution in [0.4, 0.5) is 0 Å². The predicted octanol–water partition coefficient (Wildman–Crippen LogP) is 2.58. The van der Waals surface area contributed by atoms with Gasteiger partial charge < -0.3 is 9.05 Å². The molecule has 0 aliphatic heterocycles. The van der Waals surface area contributed by atoms with Gasteiger partial charge in [0.1, 0.15) is 0 Å². The number of hydrogen-bond acceptors (Lipinski definition) is 4. The summed E-state index contributed by atoms with van der Waals surface area (Å²) in [7, 11) is -3.46.